The van der Waals surface area contributed by atoms with E-state index in [0.29, 0.717) is 0 Å². The van der Waals surface area contributed by atoms with Gasteiger partial charge in [0.2, 0.25) is 0 Å². The van der Waals surface area contributed by atoms with Gasteiger partial charge in [0.15, 0.2) is 0 Å². The Bertz CT molecular complexity index is 1050. The molecule has 0 bridgehead atoms. The van der Waals surface area contributed by atoms with Crippen molar-refractivity contribution in [2.24, 2.45) is 14.1 Å². The van der Waals surface area contributed by atoms with E-state index in [1.165, 1.54) is 53.0 Å². The lowest BCUT2D eigenvalue weighted by molar-refractivity contribution is 0.667. The van der Waals surface area contributed by atoms with E-state index in [-0.39, 0.29) is 0 Å². The van der Waals surface area contributed by atoms with Crippen molar-refractivity contribution in [2.75, 3.05) is 0 Å². The summed E-state index contributed by atoms with van der Waals surface area (Å²) in [6.45, 7) is 2.26. The topological polar surface area (TPSA) is 35.6 Å². The number of aryl methyl sites for hydroxylation is 3. The summed E-state index contributed by atoms with van der Waals surface area (Å²) in [4.78, 5) is 4.73. The fraction of sp³-hybridized carbons (Fsp3) is 0.364. The van der Waals surface area contributed by atoms with E-state index in [1.807, 2.05) is 24.1 Å². The lowest BCUT2D eigenvalue weighted by Gasteiger charge is -2.06. The molecule has 0 spiro atoms. The molecule has 3 aromatic heterocycles. The molecule has 3 heterocycles. The van der Waals surface area contributed by atoms with Crippen molar-refractivity contribution in [3.63, 3.8) is 0 Å². The number of aromatic nitrogens is 4. The zero-order valence-corrected chi connectivity index (χ0v) is 15.9. The minimum atomic E-state index is 1.08. The van der Waals surface area contributed by atoms with E-state index in [2.05, 4.69) is 54.2 Å². The Labute approximate surface area is 154 Å². The fourth-order valence-corrected chi connectivity index (χ4v) is 3.83. The van der Waals surface area contributed by atoms with Gasteiger partial charge in [-0.1, -0.05) is 38.3 Å². The van der Waals surface area contributed by atoms with Crippen molar-refractivity contribution in [2.45, 2.75) is 39.0 Å². The Hall–Kier alpha value is -2.62. The molecule has 134 valence electrons. The standard InChI is InChI=1S/C22H26N4/c1-4-5-6-7-8-18-14-25(2)22-21(18)20-11-16(9-10-17(20)12-23-22)19-13-24-26(3)15-19/h9-15H,4-8H2,1-3H3. The van der Waals surface area contributed by atoms with E-state index in [0.717, 1.165) is 17.6 Å². The van der Waals surface area contributed by atoms with Crippen molar-refractivity contribution < 1.29 is 0 Å². The average Bonchev–Trinajstić information content (AvgIpc) is 3.22. The average molecular weight is 346 g/mol. The van der Waals surface area contributed by atoms with Crippen LogP contribution < -0.4 is 0 Å². The molecule has 4 rings (SSSR count). The Morgan fingerprint density at radius 3 is 2.62 bits per heavy atom. The monoisotopic (exact) mass is 346 g/mol. The fourth-order valence-electron chi connectivity index (χ4n) is 3.83. The smallest absolute Gasteiger partial charge is 0.140 e. The number of unbranched alkanes of at least 4 members (excludes halogenated alkanes) is 3. The molecule has 26 heavy (non-hydrogen) atoms. The minimum absolute atomic E-state index is 1.08. The van der Waals surface area contributed by atoms with Crippen molar-refractivity contribution in [1.29, 1.82) is 0 Å². The zero-order chi connectivity index (χ0) is 18.1. The number of nitrogens with zero attached hydrogens (tertiary/aromatic N) is 4. The largest absolute Gasteiger partial charge is 0.335 e. The van der Waals surface area contributed by atoms with E-state index in [9.17, 15) is 0 Å². The van der Waals surface area contributed by atoms with Crippen molar-refractivity contribution >= 4 is 21.8 Å². The molecule has 0 saturated heterocycles. The van der Waals surface area contributed by atoms with Crippen LogP contribution in [-0.2, 0) is 20.5 Å². The number of pyridine rings is 1. The van der Waals surface area contributed by atoms with Gasteiger partial charge in [-0.25, -0.2) is 4.98 Å². The second kappa shape index (κ2) is 6.94. The molecule has 4 heteroatoms. The molecule has 0 unspecified atom stereocenters. The lowest BCUT2D eigenvalue weighted by atomic mass is 9.99. The maximum Gasteiger partial charge on any atom is 0.140 e. The highest BCUT2D eigenvalue weighted by Crippen LogP contribution is 2.32. The molecular weight excluding hydrogens is 320 g/mol. The summed E-state index contributed by atoms with van der Waals surface area (Å²) in [5, 5.41) is 8.12. The molecule has 0 aliphatic carbocycles. The Balaban J connectivity index is 1.83. The maximum absolute atomic E-state index is 4.73. The normalized spacial score (nSPS) is 11.7. The SMILES string of the molecule is CCCCCCc1cn(C)c2ncc3ccc(-c4cnn(C)c4)cc3c12. The highest BCUT2D eigenvalue weighted by Gasteiger charge is 2.13. The minimum Gasteiger partial charge on any atom is -0.335 e. The van der Waals surface area contributed by atoms with Crippen LogP contribution in [0.4, 0.5) is 0 Å². The van der Waals surface area contributed by atoms with E-state index < -0.39 is 0 Å². The number of hydrogen-bond donors (Lipinski definition) is 0. The number of fused-ring (bicyclic) bond motifs is 3. The molecular formula is C22H26N4. The van der Waals surface area contributed by atoms with Gasteiger partial charge < -0.3 is 4.57 Å². The van der Waals surface area contributed by atoms with Gasteiger partial charge in [0.1, 0.15) is 5.65 Å². The first kappa shape index (κ1) is 16.8. The summed E-state index contributed by atoms with van der Waals surface area (Å²) >= 11 is 0. The molecule has 0 atom stereocenters. The molecule has 4 nitrogen and oxygen atoms in total. The molecule has 0 saturated carbocycles. The molecule has 0 N–H and O–H groups in total. The first-order valence-electron chi connectivity index (χ1n) is 9.53. The Kier molecular flexibility index (Phi) is 4.49. The van der Waals surface area contributed by atoms with Gasteiger partial charge in [-0.2, -0.15) is 5.10 Å². The third-order valence-corrected chi connectivity index (χ3v) is 5.21. The van der Waals surface area contributed by atoms with Crippen LogP contribution in [0.1, 0.15) is 38.2 Å². The summed E-state index contributed by atoms with van der Waals surface area (Å²) in [5.41, 5.74) is 4.85. The summed E-state index contributed by atoms with van der Waals surface area (Å²) < 4.78 is 4.02. The highest BCUT2D eigenvalue weighted by atomic mass is 15.2. The predicted octanol–water partition coefficient (Wildman–Crippen LogP) is 5.25. The molecule has 0 aliphatic rings. The van der Waals surface area contributed by atoms with Gasteiger partial charge in [-0.3, -0.25) is 4.68 Å². The molecule has 0 radical (unpaired) electrons. The molecule has 1 aromatic carbocycles. The van der Waals surface area contributed by atoms with Crippen molar-refractivity contribution in [3.05, 3.63) is 48.5 Å². The van der Waals surface area contributed by atoms with Crippen molar-refractivity contribution in [1.82, 2.24) is 19.3 Å². The van der Waals surface area contributed by atoms with E-state index >= 15 is 0 Å². The summed E-state index contributed by atoms with van der Waals surface area (Å²) in [7, 11) is 4.06. The molecule has 0 amide bonds. The lowest BCUT2D eigenvalue weighted by Crippen LogP contribution is -1.88. The first-order chi connectivity index (χ1) is 12.7. The van der Waals surface area contributed by atoms with Crippen LogP contribution in [0.25, 0.3) is 32.9 Å². The number of hydrogen-bond acceptors (Lipinski definition) is 2. The van der Waals surface area contributed by atoms with Crippen LogP contribution in [-0.4, -0.2) is 19.3 Å². The van der Waals surface area contributed by atoms with Gasteiger partial charge in [-0.05, 0) is 35.4 Å². The van der Waals surface area contributed by atoms with Gasteiger partial charge >= 0.3 is 0 Å². The number of rotatable bonds is 6. The summed E-state index contributed by atoms with van der Waals surface area (Å²) in [6, 6.07) is 6.64. The van der Waals surface area contributed by atoms with Crippen LogP contribution in [0.15, 0.2) is 43.0 Å². The van der Waals surface area contributed by atoms with Crippen LogP contribution in [0, 0.1) is 0 Å². The zero-order valence-electron chi connectivity index (χ0n) is 15.9. The third kappa shape index (κ3) is 3.00. The van der Waals surface area contributed by atoms with E-state index in [1.54, 1.807) is 0 Å². The first-order valence-corrected chi connectivity index (χ1v) is 9.53. The molecule has 0 aliphatic heterocycles. The van der Waals surface area contributed by atoms with Crippen LogP contribution >= 0.6 is 0 Å². The highest BCUT2D eigenvalue weighted by molar-refractivity contribution is 6.08. The van der Waals surface area contributed by atoms with Crippen LogP contribution in [0.2, 0.25) is 0 Å². The second-order valence-electron chi connectivity index (χ2n) is 7.24. The van der Waals surface area contributed by atoms with Gasteiger partial charge in [0.05, 0.1) is 6.20 Å². The van der Waals surface area contributed by atoms with Gasteiger partial charge in [0.25, 0.3) is 0 Å². The van der Waals surface area contributed by atoms with Gasteiger partial charge in [0, 0.05) is 49.0 Å². The third-order valence-electron chi connectivity index (χ3n) is 5.21. The molecule has 4 aromatic rings. The van der Waals surface area contributed by atoms with Crippen LogP contribution in [0.3, 0.4) is 0 Å². The summed E-state index contributed by atoms with van der Waals surface area (Å²) in [5.74, 6) is 0. The van der Waals surface area contributed by atoms with Crippen molar-refractivity contribution in [3.8, 4) is 11.1 Å². The predicted molar refractivity (Wildman–Crippen MR) is 108 cm³/mol. The Morgan fingerprint density at radius 2 is 1.85 bits per heavy atom. The molecule has 0 fully saturated rings. The number of benzene rings is 1. The van der Waals surface area contributed by atoms with E-state index in [4.69, 9.17) is 4.98 Å². The summed E-state index contributed by atoms with van der Waals surface area (Å²) in [6.07, 6.45) is 14.5. The van der Waals surface area contributed by atoms with Crippen LogP contribution in [0.5, 0.6) is 0 Å². The Morgan fingerprint density at radius 1 is 0.962 bits per heavy atom. The second-order valence-corrected chi connectivity index (χ2v) is 7.24. The quantitative estimate of drug-likeness (QED) is 0.447. The van der Waals surface area contributed by atoms with Gasteiger partial charge in [-0.15, -0.1) is 0 Å². The maximum atomic E-state index is 4.73.